The molecule has 0 aliphatic rings. The molecule has 3 N–H and O–H groups in total. The largest absolute Gasteiger partial charge is 0.292 e. The molecule has 16 heavy (non-hydrogen) atoms. The average Bonchev–Trinajstić information content (AvgIpc) is 2.28. The summed E-state index contributed by atoms with van der Waals surface area (Å²) in [5.41, 5.74) is 1.90. The molecule has 86 valence electrons. The van der Waals surface area contributed by atoms with Gasteiger partial charge in [0.2, 0.25) is 0 Å². The topological polar surface area (TPSA) is 98.3 Å². The van der Waals surface area contributed by atoms with Crippen LogP contribution in [0.3, 0.4) is 0 Å². The normalized spacial score (nSPS) is 11.9. The predicted molar refractivity (Wildman–Crippen MR) is 60.9 cm³/mol. The Hall–Kier alpha value is -1.31. The molecule has 1 rings (SSSR count). The van der Waals surface area contributed by atoms with Crippen molar-refractivity contribution in [3.8, 4) is 0 Å². The first-order chi connectivity index (χ1) is 7.54. The van der Waals surface area contributed by atoms with Crippen LogP contribution in [0.5, 0.6) is 0 Å². The van der Waals surface area contributed by atoms with Crippen molar-refractivity contribution >= 4 is 35.0 Å². The molecule has 0 saturated carbocycles. The van der Waals surface area contributed by atoms with Gasteiger partial charge in [-0.25, -0.2) is 5.84 Å². The number of thioether (sulfide) groups is 1. The van der Waals surface area contributed by atoms with Gasteiger partial charge in [-0.2, -0.15) is 0 Å². The molecule has 1 amide bonds. The number of benzene rings is 1. The highest BCUT2D eigenvalue weighted by Gasteiger charge is 2.15. The molecule has 0 spiro atoms. The zero-order valence-corrected chi connectivity index (χ0v) is 9.49. The lowest BCUT2D eigenvalue weighted by Crippen LogP contribution is -2.35. The molecule has 1 aromatic carbocycles. The zero-order chi connectivity index (χ0) is 12.1. The molecule has 8 heteroatoms. The number of nitro groups is 1. The van der Waals surface area contributed by atoms with Crippen molar-refractivity contribution in [3.05, 3.63) is 34.4 Å². The molecule has 0 aromatic heterocycles. The summed E-state index contributed by atoms with van der Waals surface area (Å²) in [5.74, 6) is 4.38. The highest BCUT2D eigenvalue weighted by Crippen LogP contribution is 2.27. The Bertz CT molecular complexity index is 398. The van der Waals surface area contributed by atoms with Gasteiger partial charge in [-0.3, -0.25) is 20.3 Å². The van der Waals surface area contributed by atoms with Gasteiger partial charge in [-0.05, 0) is 12.1 Å². The second kappa shape index (κ2) is 5.69. The van der Waals surface area contributed by atoms with E-state index in [0.29, 0.717) is 4.90 Å². The number of nitrogens with one attached hydrogen (secondary N) is 1. The van der Waals surface area contributed by atoms with Gasteiger partial charge in [-0.15, -0.1) is 0 Å². The molecule has 0 radical (unpaired) electrons. The van der Waals surface area contributed by atoms with Gasteiger partial charge in [-0.1, -0.05) is 23.4 Å². The summed E-state index contributed by atoms with van der Waals surface area (Å²) >= 11 is 6.75. The van der Waals surface area contributed by atoms with Crippen LogP contribution in [-0.4, -0.2) is 15.5 Å². The predicted octanol–water partition coefficient (Wildman–Crippen LogP) is 1.24. The lowest BCUT2D eigenvalue weighted by Gasteiger charge is -2.06. The molecule has 6 nitrogen and oxygen atoms in total. The number of amides is 1. The van der Waals surface area contributed by atoms with Crippen LogP contribution in [0.1, 0.15) is 0 Å². The Morgan fingerprint density at radius 2 is 2.06 bits per heavy atom. The maximum absolute atomic E-state index is 11.0. The smallest absolute Gasteiger partial charge is 0.269 e. The fraction of sp³-hybridized carbons (Fsp3) is 0.125. The minimum atomic E-state index is -0.869. The summed E-state index contributed by atoms with van der Waals surface area (Å²) in [7, 11) is 0. The Kier molecular flexibility index (Phi) is 4.53. The summed E-state index contributed by atoms with van der Waals surface area (Å²) in [6, 6.07) is 5.71. The minimum absolute atomic E-state index is 0.0150. The molecular formula is C8H8ClN3O3S. The van der Waals surface area contributed by atoms with E-state index in [1.54, 1.807) is 0 Å². The first-order valence-corrected chi connectivity index (χ1v) is 5.42. The van der Waals surface area contributed by atoms with Gasteiger partial charge in [0, 0.05) is 17.0 Å². The molecule has 0 fully saturated rings. The second-order valence-electron chi connectivity index (χ2n) is 2.69. The third kappa shape index (κ3) is 3.37. The summed E-state index contributed by atoms with van der Waals surface area (Å²) in [6.45, 7) is 0. The lowest BCUT2D eigenvalue weighted by atomic mass is 10.3. The minimum Gasteiger partial charge on any atom is -0.292 e. The van der Waals surface area contributed by atoms with E-state index >= 15 is 0 Å². The number of halogens is 1. The second-order valence-corrected chi connectivity index (χ2v) is 4.57. The van der Waals surface area contributed by atoms with Crippen LogP contribution in [0.2, 0.25) is 0 Å². The lowest BCUT2D eigenvalue weighted by molar-refractivity contribution is -0.384. The Balaban J connectivity index is 2.68. The number of hydrazine groups is 1. The fourth-order valence-corrected chi connectivity index (χ4v) is 1.96. The molecular weight excluding hydrogens is 254 g/mol. The number of carbonyl (C=O) groups is 1. The molecule has 0 bridgehead atoms. The van der Waals surface area contributed by atoms with Crippen LogP contribution in [0, 0.1) is 10.1 Å². The van der Waals surface area contributed by atoms with Crippen molar-refractivity contribution in [2.75, 3.05) is 0 Å². The first-order valence-electron chi connectivity index (χ1n) is 4.10. The number of nitrogens with zero attached hydrogens (tertiary/aromatic N) is 1. The van der Waals surface area contributed by atoms with Gasteiger partial charge >= 0.3 is 0 Å². The van der Waals surface area contributed by atoms with E-state index in [9.17, 15) is 14.9 Å². The number of hydrogen-bond acceptors (Lipinski definition) is 5. The maximum Gasteiger partial charge on any atom is 0.269 e. The van der Waals surface area contributed by atoms with Gasteiger partial charge in [0.05, 0.1) is 4.92 Å². The number of rotatable bonds is 4. The third-order valence-corrected chi connectivity index (χ3v) is 3.07. The summed E-state index contributed by atoms with van der Waals surface area (Å²) in [6.07, 6.45) is 0. The van der Waals surface area contributed by atoms with E-state index in [1.165, 1.54) is 24.3 Å². The monoisotopic (exact) mass is 261 g/mol. The van der Waals surface area contributed by atoms with E-state index in [-0.39, 0.29) is 5.69 Å². The highest BCUT2D eigenvalue weighted by atomic mass is 35.5. The Labute approximate surface area is 100 Å². The van der Waals surface area contributed by atoms with Crippen molar-refractivity contribution in [1.29, 1.82) is 0 Å². The average molecular weight is 262 g/mol. The van der Waals surface area contributed by atoms with E-state index in [4.69, 9.17) is 17.4 Å². The number of alkyl halides is 1. The van der Waals surface area contributed by atoms with E-state index in [2.05, 4.69) is 0 Å². The standard InChI is InChI=1S/C8H8ClN3O3S/c9-7(8(13)11-10)16-6-3-1-5(2-4-6)12(14)15/h1-4,7H,10H2,(H,11,13). The van der Waals surface area contributed by atoms with Gasteiger partial charge in [0.25, 0.3) is 11.6 Å². The molecule has 0 aliphatic carbocycles. The van der Waals surface area contributed by atoms with Gasteiger partial charge < -0.3 is 0 Å². The molecule has 0 heterocycles. The van der Waals surface area contributed by atoms with Crippen LogP contribution in [0.15, 0.2) is 29.2 Å². The molecule has 1 aromatic rings. The van der Waals surface area contributed by atoms with Crippen molar-refractivity contribution in [2.45, 2.75) is 9.60 Å². The zero-order valence-electron chi connectivity index (χ0n) is 7.92. The summed E-state index contributed by atoms with van der Waals surface area (Å²) in [4.78, 5) is 21.5. The van der Waals surface area contributed by atoms with Crippen LogP contribution in [-0.2, 0) is 4.79 Å². The quantitative estimate of drug-likeness (QED) is 0.212. The van der Waals surface area contributed by atoms with E-state index in [1.807, 2.05) is 5.43 Å². The SMILES string of the molecule is NNC(=O)C(Cl)Sc1ccc([N+](=O)[O-])cc1. The van der Waals surface area contributed by atoms with E-state index < -0.39 is 15.5 Å². The van der Waals surface area contributed by atoms with E-state index in [0.717, 1.165) is 11.8 Å². The fourth-order valence-electron chi connectivity index (χ4n) is 0.885. The molecule has 0 saturated heterocycles. The number of nitrogens with two attached hydrogens (primary N) is 1. The summed E-state index contributed by atoms with van der Waals surface area (Å²) < 4.78 is -0.869. The first kappa shape index (κ1) is 12.8. The van der Waals surface area contributed by atoms with Crippen LogP contribution < -0.4 is 11.3 Å². The maximum atomic E-state index is 11.0. The number of nitro benzene ring substituents is 1. The van der Waals surface area contributed by atoms with Gasteiger partial charge in [0.15, 0.2) is 4.71 Å². The van der Waals surface area contributed by atoms with Crippen molar-refractivity contribution in [3.63, 3.8) is 0 Å². The molecule has 0 aliphatic heterocycles. The number of hydrogen-bond donors (Lipinski definition) is 2. The Morgan fingerprint density at radius 3 is 2.50 bits per heavy atom. The van der Waals surface area contributed by atoms with Crippen molar-refractivity contribution < 1.29 is 9.72 Å². The van der Waals surface area contributed by atoms with Crippen molar-refractivity contribution in [1.82, 2.24) is 5.43 Å². The third-order valence-electron chi connectivity index (χ3n) is 1.64. The molecule has 1 unspecified atom stereocenters. The van der Waals surface area contributed by atoms with Crippen LogP contribution >= 0.6 is 23.4 Å². The summed E-state index contributed by atoms with van der Waals surface area (Å²) in [5, 5.41) is 10.4. The van der Waals surface area contributed by atoms with Crippen LogP contribution in [0.25, 0.3) is 0 Å². The van der Waals surface area contributed by atoms with Gasteiger partial charge in [0.1, 0.15) is 0 Å². The highest BCUT2D eigenvalue weighted by molar-refractivity contribution is 8.01. The van der Waals surface area contributed by atoms with Crippen LogP contribution in [0.4, 0.5) is 5.69 Å². The number of non-ortho nitro benzene ring substituents is 1. The number of carbonyl (C=O) groups excluding carboxylic acids is 1. The Morgan fingerprint density at radius 1 is 1.50 bits per heavy atom. The molecule has 1 atom stereocenters. The van der Waals surface area contributed by atoms with Crippen molar-refractivity contribution in [2.24, 2.45) is 5.84 Å².